The number of aliphatic hydroxyl groups is 1. The number of aryl methyl sites for hydroxylation is 4. The van der Waals surface area contributed by atoms with Gasteiger partial charge in [-0.2, -0.15) is 0 Å². The Morgan fingerprint density at radius 1 is 1.44 bits per heavy atom. The van der Waals surface area contributed by atoms with Crippen molar-refractivity contribution in [1.82, 2.24) is 15.2 Å². The number of rotatable bonds is 7. The molecule has 2 aromatic heterocycles. The number of carbonyl (C=O) groups excluding carboxylic acids is 1. The number of hydrogen-bond donors (Lipinski definition) is 3. The highest BCUT2D eigenvalue weighted by Gasteiger charge is 2.28. The molecule has 0 aliphatic carbocycles. The highest BCUT2D eigenvalue weighted by atomic mass is 16.3. The average Bonchev–Trinajstić information content (AvgIpc) is 3.08. The second kappa shape index (κ2) is 7.78. The van der Waals surface area contributed by atoms with Gasteiger partial charge >= 0.3 is 6.03 Å². The van der Waals surface area contributed by atoms with E-state index in [1.54, 1.807) is 13.0 Å². The van der Waals surface area contributed by atoms with Crippen LogP contribution in [0, 0.1) is 13.8 Å². The molecule has 2 unspecified atom stereocenters. The van der Waals surface area contributed by atoms with Crippen molar-refractivity contribution in [1.29, 1.82) is 0 Å². The third-order valence-corrected chi connectivity index (χ3v) is 4.48. The van der Waals surface area contributed by atoms with Crippen LogP contribution in [0.15, 0.2) is 28.8 Å². The van der Waals surface area contributed by atoms with Crippen molar-refractivity contribution in [3.05, 3.63) is 47.2 Å². The monoisotopic (exact) mass is 347 g/mol. The number of furan rings is 1. The number of amides is 2. The van der Waals surface area contributed by atoms with Crippen LogP contribution in [-0.2, 0) is 19.1 Å². The zero-order chi connectivity index (χ0) is 18.6. The second-order valence-electron chi connectivity index (χ2n) is 6.98. The van der Waals surface area contributed by atoms with Crippen molar-refractivity contribution in [2.45, 2.75) is 52.2 Å². The largest absolute Gasteiger partial charge is 0.466 e. The minimum absolute atomic E-state index is 0.0396. The van der Waals surface area contributed by atoms with Gasteiger partial charge in [0.05, 0.1) is 6.54 Å². The van der Waals surface area contributed by atoms with Crippen molar-refractivity contribution in [3.8, 4) is 0 Å². The first-order valence-electron chi connectivity index (χ1n) is 8.63. The maximum atomic E-state index is 12.1. The molecule has 2 aromatic rings. The fourth-order valence-electron chi connectivity index (χ4n) is 2.98. The first kappa shape index (κ1) is 19.1. The smallest absolute Gasteiger partial charge is 0.315 e. The van der Waals surface area contributed by atoms with Crippen LogP contribution >= 0.6 is 0 Å². The Balaban J connectivity index is 1.79. The second-order valence-corrected chi connectivity index (χ2v) is 6.98. The zero-order valence-corrected chi connectivity index (χ0v) is 15.7. The lowest BCUT2D eigenvalue weighted by molar-refractivity contribution is 0.0577. The van der Waals surface area contributed by atoms with Gasteiger partial charge in [0.25, 0.3) is 0 Å². The molecule has 6 heteroatoms. The summed E-state index contributed by atoms with van der Waals surface area (Å²) in [5.74, 6) is 1.41. The van der Waals surface area contributed by atoms with E-state index in [0.717, 1.165) is 18.6 Å². The SMILES string of the molecule is Cc1cc(C(C)(O)CNC(=O)NC(C)CCc2cccn2C)c(C)o1. The molecule has 2 amide bonds. The van der Waals surface area contributed by atoms with Gasteiger partial charge in [0.15, 0.2) is 0 Å². The average molecular weight is 347 g/mol. The fraction of sp³-hybridized carbons (Fsp3) is 0.526. The molecule has 0 aliphatic heterocycles. The minimum Gasteiger partial charge on any atom is -0.466 e. The van der Waals surface area contributed by atoms with E-state index in [-0.39, 0.29) is 18.6 Å². The van der Waals surface area contributed by atoms with E-state index in [2.05, 4.69) is 21.3 Å². The molecule has 0 radical (unpaired) electrons. The van der Waals surface area contributed by atoms with Crippen LogP contribution in [0.2, 0.25) is 0 Å². The molecule has 138 valence electrons. The molecule has 2 heterocycles. The van der Waals surface area contributed by atoms with E-state index in [9.17, 15) is 9.90 Å². The van der Waals surface area contributed by atoms with Gasteiger partial charge in [-0.3, -0.25) is 0 Å². The third kappa shape index (κ3) is 5.13. The number of carbonyl (C=O) groups is 1. The number of aromatic nitrogens is 1. The summed E-state index contributed by atoms with van der Waals surface area (Å²) >= 11 is 0. The van der Waals surface area contributed by atoms with E-state index in [4.69, 9.17) is 4.42 Å². The number of nitrogens with zero attached hydrogens (tertiary/aromatic N) is 1. The zero-order valence-electron chi connectivity index (χ0n) is 15.7. The van der Waals surface area contributed by atoms with E-state index in [0.29, 0.717) is 11.3 Å². The predicted octanol–water partition coefficient (Wildman–Crippen LogP) is 2.76. The highest BCUT2D eigenvalue weighted by molar-refractivity contribution is 5.74. The molecule has 6 nitrogen and oxygen atoms in total. The topological polar surface area (TPSA) is 79.4 Å². The van der Waals surface area contributed by atoms with Gasteiger partial charge in [0, 0.05) is 30.5 Å². The van der Waals surface area contributed by atoms with Gasteiger partial charge in [0.2, 0.25) is 0 Å². The quantitative estimate of drug-likeness (QED) is 0.720. The molecule has 0 saturated heterocycles. The van der Waals surface area contributed by atoms with Gasteiger partial charge in [-0.15, -0.1) is 0 Å². The third-order valence-electron chi connectivity index (χ3n) is 4.48. The first-order valence-corrected chi connectivity index (χ1v) is 8.63. The first-order chi connectivity index (χ1) is 11.7. The summed E-state index contributed by atoms with van der Waals surface area (Å²) in [6, 6.07) is 5.66. The molecular weight excluding hydrogens is 318 g/mol. The van der Waals surface area contributed by atoms with Crippen LogP contribution in [0.25, 0.3) is 0 Å². The van der Waals surface area contributed by atoms with Crippen molar-refractivity contribution in [2.24, 2.45) is 7.05 Å². The van der Waals surface area contributed by atoms with Gasteiger partial charge in [-0.05, 0) is 58.7 Å². The summed E-state index contributed by atoms with van der Waals surface area (Å²) in [5, 5.41) is 16.3. The molecule has 25 heavy (non-hydrogen) atoms. The summed E-state index contributed by atoms with van der Waals surface area (Å²) in [5.41, 5.74) is 0.760. The predicted molar refractivity (Wildman–Crippen MR) is 97.5 cm³/mol. The molecule has 0 spiro atoms. The van der Waals surface area contributed by atoms with E-state index < -0.39 is 5.60 Å². The van der Waals surface area contributed by atoms with Crippen LogP contribution in [0.4, 0.5) is 4.79 Å². The maximum Gasteiger partial charge on any atom is 0.315 e. The van der Waals surface area contributed by atoms with Crippen LogP contribution < -0.4 is 10.6 Å². The maximum absolute atomic E-state index is 12.1. The van der Waals surface area contributed by atoms with Crippen molar-refractivity contribution in [2.75, 3.05) is 6.54 Å². The fourth-order valence-corrected chi connectivity index (χ4v) is 2.98. The van der Waals surface area contributed by atoms with Gasteiger partial charge in [-0.25, -0.2) is 4.79 Å². The number of urea groups is 1. The van der Waals surface area contributed by atoms with Crippen LogP contribution in [0.3, 0.4) is 0 Å². The molecule has 0 aliphatic rings. The van der Waals surface area contributed by atoms with E-state index in [1.807, 2.05) is 40.1 Å². The Bertz CT molecular complexity index is 715. The molecule has 0 bridgehead atoms. The standard InChI is InChI=1S/C19H29N3O3/c1-13(8-9-16-7-6-10-22(16)5)21-18(23)20-12-19(4,24)17-11-14(2)25-15(17)3/h6-7,10-11,13,24H,8-9,12H2,1-5H3,(H2,20,21,23). The number of nitrogens with one attached hydrogen (secondary N) is 2. The van der Waals surface area contributed by atoms with Gasteiger partial charge in [-0.1, -0.05) is 0 Å². The lowest BCUT2D eigenvalue weighted by atomic mass is 9.96. The lowest BCUT2D eigenvalue weighted by Gasteiger charge is -2.24. The Hall–Kier alpha value is -2.21. The van der Waals surface area contributed by atoms with E-state index in [1.165, 1.54) is 5.69 Å². The molecular formula is C19H29N3O3. The minimum atomic E-state index is -1.18. The molecule has 0 aromatic carbocycles. The summed E-state index contributed by atoms with van der Waals surface area (Å²) in [6.07, 6.45) is 3.76. The van der Waals surface area contributed by atoms with Crippen LogP contribution in [-0.4, -0.2) is 28.3 Å². The Kier molecular flexibility index (Phi) is 5.95. The Morgan fingerprint density at radius 3 is 2.72 bits per heavy atom. The number of hydrogen-bond acceptors (Lipinski definition) is 3. The van der Waals surface area contributed by atoms with Crippen molar-refractivity contribution < 1.29 is 14.3 Å². The Morgan fingerprint density at radius 2 is 2.16 bits per heavy atom. The molecule has 3 N–H and O–H groups in total. The lowest BCUT2D eigenvalue weighted by Crippen LogP contribution is -2.46. The van der Waals surface area contributed by atoms with Crippen molar-refractivity contribution in [3.63, 3.8) is 0 Å². The molecule has 2 atom stereocenters. The van der Waals surface area contributed by atoms with Gasteiger partial charge < -0.3 is 24.7 Å². The molecule has 0 fully saturated rings. The van der Waals surface area contributed by atoms with E-state index >= 15 is 0 Å². The summed E-state index contributed by atoms with van der Waals surface area (Å²) in [6.45, 7) is 7.40. The molecule has 0 saturated carbocycles. The summed E-state index contributed by atoms with van der Waals surface area (Å²) in [7, 11) is 2.02. The highest BCUT2D eigenvalue weighted by Crippen LogP contribution is 2.26. The summed E-state index contributed by atoms with van der Waals surface area (Å²) < 4.78 is 7.54. The van der Waals surface area contributed by atoms with Crippen molar-refractivity contribution >= 4 is 6.03 Å². The van der Waals surface area contributed by atoms with Gasteiger partial charge in [0.1, 0.15) is 17.1 Å². The Labute approximate surface area is 149 Å². The van der Waals surface area contributed by atoms with Crippen LogP contribution in [0.1, 0.15) is 43.0 Å². The normalized spacial score (nSPS) is 14.8. The van der Waals surface area contributed by atoms with Crippen LogP contribution in [0.5, 0.6) is 0 Å². The summed E-state index contributed by atoms with van der Waals surface area (Å²) in [4.78, 5) is 12.1. The molecule has 2 rings (SSSR count).